The van der Waals surface area contributed by atoms with Gasteiger partial charge < -0.3 is 14.5 Å². The van der Waals surface area contributed by atoms with Gasteiger partial charge in [-0.25, -0.2) is 4.39 Å². The van der Waals surface area contributed by atoms with Crippen molar-refractivity contribution in [2.45, 2.75) is 6.92 Å². The van der Waals surface area contributed by atoms with Crippen LogP contribution in [-0.2, 0) is 0 Å². The predicted molar refractivity (Wildman–Crippen MR) is 86.3 cm³/mol. The highest BCUT2D eigenvalue weighted by Gasteiger charge is 2.23. The molecule has 0 spiro atoms. The Labute approximate surface area is 132 Å². The van der Waals surface area contributed by atoms with Crippen molar-refractivity contribution in [1.29, 1.82) is 0 Å². The fraction of sp³-hybridized carbons (Fsp3) is 0.167. The van der Waals surface area contributed by atoms with E-state index in [-0.39, 0.29) is 11.7 Å². The van der Waals surface area contributed by atoms with Crippen LogP contribution < -0.4 is 10.1 Å². The normalized spacial score (nSPS) is 10.8. The maximum atomic E-state index is 13.2. The average molecular weight is 313 g/mol. The van der Waals surface area contributed by atoms with Gasteiger partial charge in [0.2, 0.25) is 0 Å². The first-order chi connectivity index (χ1) is 11.0. The number of carbonyl (C=O) groups excluding carboxylic acids is 1. The lowest BCUT2D eigenvalue weighted by Gasteiger charge is -2.03. The Balaban J connectivity index is 2.34. The third kappa shape index (κ3) is 2.54. The van der Waals surface area contributed by atoms with Crippen molar-refractivity contribution in [3.63, 3.8) is 0 Å². The van der Waals surface area contributed by atoms with Crippen molar-refractivity contribution in [3.05, 3.63) is 53.3 Å². The third-order valence-corrected chi connectivity index (χ3v) is 3.74. The van der Waals surface area contributed by atoms with Gasteiger partial charge in [0.25, 0.3) is 5.91 Å². The molecule has 5 heteroatoms. The molecule has 0 saturated heterocycles. The Morgan fingerprint density at radius 3 is 2.52 bits per heavy atom. The lowest BCUT2D eigenvalue weighted by Crippen LogP contribution is -2.18. The molecule has 0 aliphatic heterocycles. The molecule has 1 heterocycles. The van der Waals surface area contributed by atoms with E-state index in [1.165, 1.54) is 12.1 Å². The van der Waals surface area contributed by atoms with Crippen molar-refractivity contribution in [2.75, 3.05) is 14.2 Å². The Morgan fingerprint density at radius 2 is 1.91 bits per heavy atom. The van der Waals surface area contributed by atoms with E-state index in [1.54, 1.807) is 32.4 Å². The lowest BCUT2D eigenvalue weighted by atomic mass is 10.0. The van der Waals surface area contributed by atoms with E-state index in [1.807, 2.05) is 13.0 Å². The molecule has 0 fully saturated rings. The quantitative estimate of drug-likeness (QED) is 0.797. The lowest BCUT2D eigenvalue weighted by molar-refractivity contribution is 0.0964. The summed E-state index contributed by atoms with van der Waals surface area (Å²) >= 11 is 0. The minimum absolute atomic E-state index is 0.268. The molecule has 0 atom stereocenters. The van der Waals surface area contributed by atoms with Crippen LogP contribution in [0.3, 0.4) is 0 Å². The van der Waals surface area contributed by atoms with Crippen LogP contribution in [0.2, 0.25) is 0 Å². The summed E-state index contributed by atoms with van der Waals surface area (Å²) in [5, 5.41) is 3.29. The summed E-state index contributed by atoms with van der Waals surface area (Å²) in [6.45, 7) is 1.89. The number of carbonyl (C=O) groups is 1. The van der Waals surface area contributed by atoms with Gasteiger partial charge in [0, 0.05) is 18.0 Å². The minimum atomic E-state index is -0.343. The number of aryl methyl sites for hydroxylation is 1. The number of ether oxygens (including phenoxy) is 1. The van der Waals surface area contributed by atoms with Gasteiger partial charge in [-0.3, -0.25) is 4.79 Å². The topological polar surface area (TPSA) is 51.5 Å². The molecule has 4 nitrogen and oxygen atoms in total. The molecule has 3 rings (SSSR count). The van der Waals surface area contributed by atoms with Gasteiger partial charge in [-0.2, -0.15) is 0 Å². The van der Waals surface area contributed by atoms with E-state index in [0.717, 1.165) is 5.56 Å². The van der Waals surface area contributed by atoms with Gasteiger partial charge in [0.1, 0.15) is 22.9 Å². The van der Waals surface area contributed by atoms with E-state index in [0.29, 0.717) is 33.6 Å². The molecule has 3 aromatic rings. The maximum absolute atomic E-state index is 13.2. The number of halogens is 1. The summed E-state index contributed by atoms with van der Waals surface area (Å²) in [6, 6.07) is 9.46. The van der Waals surface area contributed by atoms with Crippen molar-refractivity contribution < 1.29 is 18.3 Å². The first kappa shape index (κ1) is 15.1. The molecule has 0 unspecified atom stereocenters. The highest BCUT2D eigenvalue weighted by molar-refractivity contribution is 6.11. The monoisotopic (exact) mass is 313 g/mol. The Bertz CT molecular complexity index is 881. The Morgan fingerprint density at radius 1 is 1.22 bits per heavy atom. The number of amides is 1. The van der Waals surface area contributed by atoms with Crippen LogP contribution >= 0.6 is 0 Å². The third-order valence-electron chi connectivity index (χ3n) is 3.74. The van der Waals surface area contributed by atoms with E-state index < -0.39 is 0 Å². The number of nitrogens with one attached hydrogen (secondary N) is 1. The van der Waals surface area contributed by atoms with E-state index in [2.05, 4.69) is 5.32 Å². The van der Waals surface area contributed by atoms with Gasteiger partial charge >= 0.3 is 0 Å². The first-order valence-electron chi connectivity index (χ1n) is 7.14. The largest absolute Gasteiger partial charge is 0.497 e. The Kier molecular flexibility index (Phi) is 3.78. The number of benzene rings is 2. The van der Waals surface area contributed by atoms with Gasteiger partial charge in [-0.05, 0) is 48.9 Å². The van der Waals surface area contributed by atoms with Gasteiger partial charge in [0.05, 0.1) is 12.7 Å². The molecule has 0 bridgehead atoms. The maximum Gasteiger partial charge on any atom is 0.255 e. The molecule has 1 amide bonds. The van der Waals surface area contributed by atoms with Crippen molar-refractivity contribution in [3.8, 4) is 17.1 Å². The van der Waals surface area contributed by atoms with Crippen LogP contribution in [0.1, 0.15) is 15.9 Å². The fourth-order valence-electron chi connectivity index (χ4n) is 2.61. The summed E-state index contributed by atoms with van der Waals surface area (Å²) in [7, 11) is 3.13. The van der Waals surface area contributed by atoms with E-state index in [9.17, 15) is 9.18 Å². The van der Waals surface area contributed by atoms with Gasteiger partial charge in [-0.1, -0.05) is 0 Å². The van der Waals surface area contributed by atoms with Crippen LogP contribution in [0.4, 0.5) is 4.39 Å². The second kappa shape index (κ2) is 5.76. The molecular formula is C18H16FNO3. The van der Waals surface area contributed by atoms with Crippen LogP contribution in [0.5, 0.6) is 5.75 Å². The summed E-state index contributed by atoms with van der Waals surface area (Å²) in [4.78, 5) is 12.4. The zero-order chi connectivity index (χ0) is 16.6. The molecule has 0 radical (unpaired) electrons. The number of hydrogen-bond donors (Lipinski definition) is 1. The number of hydrogen-bond acceptors (Lipinski definition) is 3. The molecule has 1 N–H and O–H groups in total. The van der Waals surface area contributed by atoms with Crippen molar-refractivity contribution in [2.24, 2.45) is 0 Å². The summed E-state index contributed by atoms with van der Waals surface area (Å²) in [5.41, 5.74) is 2.53. The van der Waals surface area contributed by atoms with E-state index >= 15 is 0 Å². The summed E-state index contributed by atoms with van der Waals surface area (Å²) < 4.78 is 24.4. The van der Waals surface area contributed by atoms with Crippen LogP contribution in [0.25, 0.3) is 22.3 Å². The highest BCUT2D eigenvalue weighted by atomic mass is 19.1. The number of fused-ring (bicyclic) bond motifs is 1. The van der Waals surface area contributed by atoms with Gasteiger partial charge in [-0.15, -0.1) is 0 Å². The number of rotatable bonds is 3. The molecule has 2 aromatic carbocycles. The smallest absolute Gasteiger partial charge is 0.255 e. The number of methoxy groups -OCH3 is 1. The zero-order valence-corrected chi connectivity index (χ0v) is 13.1. The highest BCUT2D eigenvalue weighted by Crippen LogP contribution is 2.37. The minimum Gasteiger partial charge on any atom is -0.497 e. The van der Waals surface area contributed by atoms with E-state index in [4.69, 9.17) is 9.15 Å². The van der Waals surface area contributed by atoms with Crippen LogP contribution in [-0.4, -0.2) is 20.1 Å². The standard InChI is InChI=1S/C18H16FNO3/c1-10-8-13(22-3)9-14-15(18(21)20-2)17(23-16(10)14)11-4-6-12(19)7-5-11/h4-9H,1-3H3,(H,20,21). The number of furan rings is 1. The second-order valence-corrected chi connectivity index (χ2v) is 5.21. The van der Waals surface area contributed by atoms with Crippen LogP contribution in [0.15, 0.2) is 40.8 Å². The molecule has 0 aliphatic rings. The zero-order valence-electron chi connectivity index (χ0n) is 13.1. The molecule has 0 aliphatic carbocycles. The second-order valence-electron chi connectivity index (χ2n) is 5.21. The van der Waals surface area contributed by atoms with Crippen molar-refractivity contribution in [1.82, 2.24) is 5.32 Å². The molecule has 118 valence electrons. The molecule has 23 heavy (non-hydrogen) atoms. The molecule has 1 aromatic heterocycles. The first-order valence-corrected chi connectivity index (χ1v) is 7.14. The molecule has 0 saturated carbocycles. The van der Waals surface area contributed by atoms with Crippen LogP contribution in [0, 0.1) is 12.7 Å². The SMILES string of the molecule is CNC(=O)c1c(-c2ccc(F)cc2)oc2c(C)cc(OC)cc12. The Hall–Kier alpha value is -2.82. The molecular weight excluding hydrogens is 297 g/mol. The fourth-order valence-corrected chi connectivity index (χ4v) is 2.61. The predicted octanol–water partition coefficient (Wildman–Crippen LogP) is 3.92. The van der Waals surface area contributed by atoms with Gasteiger partial charge in [0.15, 0.2) is 0 Å². The summed E-state index contributed by atoms with van der Waals surface area (Å²) in [5.74, 6) is 0.447. The van der Waals surface area contributed by atoms with Crippen molar-refractivity contribution >= 4 is 16.9 Å². The average Bonchev–Trinajstić information content (AvgIpc) is 2.94. The summed E-state index contributed by atoms with van der Waals surface area (Å²) in [6.07, 6.45) is 0.